The van der Waals surface area contributed by atoms with Crippen LogP contribution in [0.2, 0.25) is 5.02 Å². The third-order valence-electron chi connectivity index (χ3n) is 6.21. The Morgan fingerprint density at radius 2 is 1.74 bits per heavy atom. The standard InChI is InChI=1S/C26H22ClN5O2/c1-2-17-20(27)9-8-18(24(28)33)22(17)14-7-10-21-19(11-14)23(31-26(29)30-21)25(34)32-12-15-5-3-4-6-16(15)13-32/h3-11H,2,12-13H2,1H3,(H2,28,33)(H2,29,30,31). The first-order valence-electron chi connectivity index (χ1n) is 10.9. The summed E-state index contributed by atoms with van der Waals surface area (Å²) in [5.74, 6) is -0.763. The molecule has 1 aromatic heterocycles. The smallest absolute Gasteiger partial charge is 0.273 e. The fourth-order valence-electron chi connectivity index (χ4n) is 4.59. The number of anilines is 1. The molecule has 0 radical (unpaired) electrons. The molecule has 1 aliphatic rings. The average molecular weight is 472 g/mol. The second-order valence-corrected chi connectivity index (χ2v) is 8.67. The molecule has 0 unspecified atom stereocenters. The van der Waals surface area contributed by atoms with Crippen molar-refractivity contribution in [2.24, 2.45) is 5.73 Å². The van der Waals surface area contributed by atoms with E-state index in [2.05, 4.69) is 9.97 Å². The summed E-state index contributed by atoms with van der Waals surface area (Å²) in [6, 6.07) is 16.7. The van der Waals surface area contributed by atoms with Crippen LogP contribution in [0, 0.1) is 0 Å². The Morgan fingerprint density at radius 3 is 2.38 bits per heavy atom. The molecule has 3 aromatic carbocycles. The van der Waals surface area contributed by atoms with Crippen molar-refractivity contribution in [2.45, 2.75) is 26.4 Å². The predicted molar refractivity (Wildman–Crippen MR) is 132 cm³/mol. The number of hydrogen-bond acceptors (Lipinski definition) is 5. The number of hydrogen-bond donors (Lipinski definition) is 2. The van der Waals surface area contributed by atoms with Gasteiger partial charge in [0.05, 0.1) is 5.52 Å². The Hall–Kier alpha value is -3.97. The lowest BCUT2D eigenvalue weighted by Crippen LogP contribution is -2.27. The Balaban J connectivity index is 1.67. The monoisotopic (exact) mass is 471 g/mol. The summed E-state index contributed by atoms with van der Waals surface area (Å²) in [4.78, 5) is 36.2. The highest BCUT2D eigenvalue weighted by Crippen LogP contribution is 2.35. The van der Waals surface area contributed by atoms with Gasteiger partial charge in [0.2, 0.25) is 11.9 Å². The van der Waals surface area contributed by atoms with Crippen molar-refractivity contribution in [1.82, 2.24) is 14.9 Å². The minimum Gasteiger partial charge on any atom is -0.368 e. The van der Waals surface area contributed by atoms with E-state index in [1.165, 1.54) is 0 Å². The van der Waals surface area contributed by atoms with Gasteiger partial charge < -0.3 is 16.4 Å². The zero-order valence-electron chi connectivity index (χ0n) is 18.5. The van der Waals surface area contributed by atoms with Gasteiger partial charge in [-0.2, -0.15) is 0 Å². The number of halogens is 1. The molecule has 5 rings (SSSR count). The van der Waals surface area contributed by atoms with Gasteiger partial charge in [-0.1, -0.05) is 48.9 Å². The summed E-state index contributed by atoms with van der Waals surface area (Å²) in [6.45, 7) is 2.96. The van der Waals surface area contributed by atoms with Crippen molar-refractivity contribution in [3.63, 3.8) is 0 Å². The number of nitrogens with zero attached hydrogens (tertiary/aromatic N) is 3. The zero-order chi connectivity index (χ0) is 24.0. The molecule has 7 nitrogen and oxygen atoms in total. The highest BCUT2D eigenvalue weighted by atomic mass is 35.5. The third kappa shape index (κ3) is 3.64. The molecule has 0 atom stereocenters. The summed E-state index contributed by atoms with van der Waals surface area (Å²) in [5, 5.41) is 1.09. The van der Waals surface area contributed by atoms with Crippen molar-refractivity contribution in [3.8, 4) is 11.1 Å². The maximum absolute atomic E-state index is 13.6. The number of rotatable bonds is 4. The average Bonchev–Trinajstić information content (AvgIpc) is 3.26. The number of nitrogens with two attached hydrogens (primary N) is 2. The molecule has 2 amide bonds. The van der Waals surface area contributed by atoms with Crippen LogP contribution in [0.4, 0.5) is 5.95 Å². The minimum absolute atomic E-state index is 0.0233. The van der Waals surface area contributed by atoms with E-state index in [0.29, 0.717) is 52.1 Å². The van der Waals surface area contributed by atoms with Crippen LogP contribution >= 0.6 is 11.6 Å². The first-order valence-corrected chi connectivity index (χ1v) is 11.3. The Morgan fingerprint density at radius 1 is 1.03 bits per heavy atom. The minimum atomic E-state index is -0.554. The molecule has 0 bridgehead atoms. The number of fused-ring (bicyclic) bond motifs is 2. The molecule has 0 aliphatic carbocycles. The van der Waals surface area contributed by atoms with Gasteiger partial charge in [-0.05, 0) is 58.5 Å². The number of amides is 2. The second-order valence-electron chi connectivity index (χ2n) is 8.26. The molecule has 170 valence electrons. The fraction of sp³-hybridized carbons (Fsp3) is 0.154. The van der Waals surface area contributed by atoms with Gasteiger partial charge >= 0.3 is 0 Å². The lowest BCUT2D eigenvalue weighted by molar-refractivity contribution is 0.0747. The topological polar surface area (TPSA) is 115 Å². The Bertz CT molecular complexity index is 1460. The van der Waals surface area contributed by atoms with Crippen LogP contribution in [-0.2, 0) is 19.5 Å². The molecule has 0 spiro atoms. The SMILES string of the molecule is CCc1c(Cl)ccc(C(N)=O)c1-c1ccc2nc(N)nc(C(=O)N3Cc4ccccc4C3)c2c1. The van der Waals surface area contributed by atoms with Crippen LogP contribution in [-0.4, -0.2) is 26.7 Å². The molecule has 4 aromatic rings. The van der Waals surface area contributed by atoms with Crippen LogP contribution in [0.3, 0.4) is 0 Å². The molecule has 2 heterocycles. The van der Waals surface area contributed by atoms with Gasteiger partial charge in [0.1, 0.15) is 5.69 Å². The summed E-state index contributed by atoms with van der Waals surface area (Å²) < 4.78 is 0. The van der Waals surface area contributed by atoms with E-state index in [1.807, 2.05) is 43.3 Å². The van der Waals surface area contributed by atoms with E-state index < -0.39 is 5.91 Å². The van der Waals surface area contributed by atoms with E-state index in [1.54, 1.807) is 23.1 Å². The Labute approximate surface area is 201 Å². The van der Waals surface area contributed by atoms with Crippen LogP contribution in [0.25, 0.3) is 22.0 Å². The second kappa shape index (κ2) is 8.43. The van der Waals surface area contributed by atoms with E-state index in [0.717, 1.165) is 16.7 Å². The summed E-state index contributed by atoms with van der Waals surface area (Å²) in [7, 11) is 0. The van der Waals surface area contributed by atoms with Crippen molar-refractivity contribution >= 4 is 40.3 Å². The van der Waals surface area contributed by atoms with Gasteiger partial charge in [-0.25, -0.2) is 9.97 Å². The van der Waals surface area contributed by atoms with Crippen LogP contribution < -0.4 is 11.5 Å². The predicted octanol–water partition coefficient (Wildman–Crippen LogP) is 4.35. The molecule has 0 fully saturated rings. The van der Waals surface area contributed by atoms with E-state index >= 15 is 0 Å². The normalized spacial score (nSPS) is 12.7. The quantitative estimate of drug-likeness (QED) is 0.459. The third-order valence-corrected chi connectivity index (χ3v) is 6.56. The summed E-state index contributed by atoms with van der Waals surface area (Å²) in [6.07, 6.45) is 0.601. The number of nitrogen functional groups attached to an aromatic ring is 1. The number of carbonyl (C=O) groups excluding carboxylic acids is 2. The van der Waals surface area contributed by atoms with Gasteiger partial charge in [0.15, 0.2) is 0 Å². The van der Waals surface area contributed by atoms with Crippen LogP contribution in [0.5, 0.6) is 0 Å². The van der Waals surface area contributed by atoms with E-state index in [4.69, 9.17) is 23.1 Å². The summed E-state index contributed by atoms with van der Waals surface area (Å²) >= 11 is 6.45. The van der Waals surface area contributed by atoms with Gasteiger partial charge in [-0.3, -0.25) is 9.59 Å². The molecule has 34 heavy (non-hydrogen) atoms. The van der Waals surface area contributed by atoms with Crippen molar-refractivity contribution in [3.05, 3.63) is 87.6 Å². The number of carbonyl (C=O) groups is 2. The lowest BCUT2D eigenvalue weighted by Gasteiger charge is -2.18. The zero-order valence-corrected chi connectivity index (χ0v) is 19.3. The molecule has 0 saturated heterocycles. The first kappa shape index (κ1) is 21.9. The molecular formula is C26H22ClN5O2. The number of aromatic nitrogens is 2. The van der Waals surface area contributed by atoms with Crippen LogP contribution in [0.15, 0.2) is 54.6 Å². The maximum Gasteiger partial charge on any atom is 0.273 e. The highest BCUT2D eigenvalue weighted by molar-refractivity contribution is 6.32. The van der Waals surface area contributed by atoms with Crippen molar-refractivity contribution in [2.75, 3.05) is 5.73 Å². The van der Waals surface area contributed by atoms with Crippen molar-refractivity contribution in [1.29, 1.82) is 0 Å². The largest absolute Gasteiger partial charge is 0.368 e. The van der Waals surface area contributed by atoms with E-state index in [9.17, 15) is 9.59 Å². The number of primary amides is 1. The van der Waals surface area contributed by atoms with Gasteiger partial charge in [-0.15, -0.1) is 0 Å². The fourth-order valence-corrected chi connectivity index (χ4v) is 4.89. The molecular weight excluding hydrogens is 450 g/mol. The lowest BCUT2D eigenvalue weighted by atomic mass is 9.91. The molecule has 4 N–H and O–H groups in total. The van der Waals surface area contributed by atoms with Crippen LogP contribution in [0.1, 0.15) is 44.5 Å². The molecule has 1 aliphatic heterocycles. The maximum atomic E-state index is 13.6. The number of benzene rings is 3. The van der Waals surface area contributed by atoms with Gasteiger partial charge in [0.25, 0.3) is 5.91 Å². The van der Waals surface area contributed by atoms with Gasteiger partial charge in [0, 0.05) is 29.1 Å². The summed E-state index contributed by atoms with van der Waals surface area (Å²) in [5.41, 5.74) is 17.1. The molecule has 0 saturated carbocycles. The Kier molecular flexibility index (Phi) is 5.42. The highest BCUT2D eigenvalue weighted by Gasteiger charge is 2.27. The van der Waals surface area contributed by atoms with E-state index in [-0.39, 0.29) is 17.5 Å². The van der Waals surface area contributed by atoms with Crippen molar-refractivity contribution < 1.29 is 9.59 Å². The first-order chi connectivity index (χ1) is 16.4. The molecule has 8 heteroatoms.